The van der Waals surface area contributed by atoms with Crippen LogP contribution in [0.3, 0.4) is 0 Å². The van der Waals surface area contributed by atoms with Gasteiger partial charge in [-0.25, -0.2) is 10.2 Å². The molecule has 0 aliphatic heterocycles. The number of hydrogen-bond donors (Lipinski definition) is 1. The fraction of sp³-hybridized carbons (Fsp3) is 0.250. The number of aryl methyl sites for hydroxylation is 1. The maximum atomic E-state index is 10.6. The number of carbonyl (C=O) groups is 1. The van der Waals surface area contributed by atoms with Crippen molar-refractivity contribution in [2.45, 2.75) is 6.92 Å². The summed E-state index contributed by atoms with van der Waals surface area (Å²) in [6.45, 7) is 2.01. The minimum atomic E-state index is -0.565. The number of hydrogen-bond acceptors (Lipinski definition) is 4. The highest BCUT2D eigenvalue weighted by Gasteiger charge is 1.94. The second-order valence-electron chi connectivity index (χ2n) is 2.31. The van der Waals surface area contributed by atoms with E-state index in [2.05, 4.69) is 15.3 Å². The molecule has 0 unspecified atom stereocenters. The number of ether oxygens (including phenoxy) is 1. The summed E-state index contributed by atoms with van der Waals surface area (Å²) >= 11 is 1.61. The van der Waals surface area contributed by atoms with Gasteiger partial charge in [-0.1, -0.05) is 0 Å². The third-order valence-corrected chi connectivity index (χ3v) is 2.23. The standard InChI is InChI=1S/C8H10N2O2S/c1-6-3-4-7(13-6)5-9-10-8(11)12-2/h3-5H,1-2H3,(H,10,11)/b9-5+. The minimum absolute atomic E-state index is 0.565. The molecule has 0 radical (unpaired) electrons. The number of hydrazone groups is 1. The molecule has 1 rings (SSSR count). The van der Waals surface area contributed by atoms with E-state index in [-0.39, 0.29) is 0 Å². The molecule has 1 heterocycles. The lowest BCUT2D eigenvalue weighted by atomic mass is 10.4. The Morgan fingerprint density at radius 2 is 2.46 bits per heavy atom. The van der Waals surface area contributed by atoms with E-state index in [1.807, 2.05) is 19.1 Å². The van der Waals surface area contributed by atoms with E-state index in [4.69, 9.17) is 0 Å². The first kappa shape index (κ1) is 9.73. The monoisotopic (exact) mass is 198 g/mol. The molecular formula is C8H10N2O2S. The van der Waals surface area contributed by atoms with E-state index < -0.39 is 6.09 Å². The summed E-state index contributed by atoms with van der Waals surface area (Å²) in [7, 11) is 1.29. The van der Waals surface area contributed by atoms with E-state index in [0.717, 1.165) is 4.88 Å². The summed E-state index contributed by atoms with van der Waals surface area (Å²) in [6.07, 6.45) is 1.01. The van der Waals surface area contributed by atoms with E-state index in [1.54, 1.807) is 17.6 Å². The van der Waals surface area contributed by atoms with Crippen LogP contribution in [0.1, 0.15) is 9.75 Å². The Bertz CT molecular complexity index is 320. The predicted molar refractivity (Wildman–Crippen MR) is 52.2 cm³/mol. The summed E-state index contributed by atoms with van der Waals surface area (Å²) in [4.78, 5) is 12.8. The van der Waals surface area contributed by atoms with Gasteiger partial charge >= 0.3 is 6.09 Å². The van der Waals surface area contributed by atoms with Gasteiger partial charge in [-0.3, -0.25) is 0 Å². The Morgan fingerprint density at radius 1 is 1.69 bits per heavy atom. The molecular weight excluding hydrogens is 188 g/mol. The summed E-state index contributed by atoms with van der Waals surface area (Å²) in [5, 5.41) is 3.69. The second kappa shape index (κ2) is 4.61. The third kappa shape index (κ3) is 3.25. The van der Waals surface area contributed by atoms with Gasteiger partial charge in [0, 0.05) is 9.75 Å². The second-order valence-corrected chi connectivity index (χ2v) is 3.63. The lowest BCUT2D eigenvalue weighted by Gasteiger charge is -1.93. The van der Waals surface area contributed by atoms with Crippen LogP contribution >= 0.6 is 11.3 Å². The van der Waals surface area contributed by atoms with Crippen molar-refractivity contribution in [3.05, 3.63) is 21.9 Å². The first-order chi connectivity index (χ1) is 6.22. The lowest BCUT2D eigenvalue weighted by molar-refractivity contribution is 0.171. The maximum Gasteiger partial charge on any atom is 0.427 e. The molecule has 1 aromatic heterocycles. The molecule has 1 amide bonds. The van der Waals surface area contributed by atoms with Gasteiger partial charge in [0.25, 0.3) is 0 Å². The zero-order valence-electron chi connectivity index (χ0n) is 7.40. The number of thiophene rings is 1. The number of nitrogens with one attached hydrogen (secondary N) is 1. The van der Waals surface area contributed by atoms with Crippen molar-refractivity contribution >= 4 is 23.6 Å². The van der Waals surface area contributed by atoms with Crippen molar-refractivity contribution in [2.24, 2.45) is 5.10 Å². The quantitative estimate of drug-likeness (QED) is 0.581. The first-order valence-electron chi connectivity index (χ1n) is 3.66. The van der Waals surface area contributed by atoms with Crippen molar-refractivity contribution in [3.63, 3.8) is 0 Å². The zero-order valence-corrected chi connectivity index (χ0v) is 8.22. The molecule has 13 heavy (non-hydrogen) atoms. The SMILES string of the molecule is COC(=O)N/N=C/c1ccc(C)s1. The topological polar surface area (TPSA) is 50.7 Å². The van der Waals surface area contributed by atoms with Gasteiger partial charge in [0.05, 0.1) is 13.3 Å². The van der Waals surface area contributed by atoms with Crippen LogP contribution < -0.4 is 5.43 Å². The van der Waals surface area contributed by atoms with Gasteiger partial charge in [0.2, 0.25) is 0 Å². The number of nitrogens with zero attached hydrogens (tertiary/aromatic N) is 1. The van der Waals surface area contributed by atoms with Crippen molar-refractivity contribution < 1.29 is 9.53 Å². The molecule has 0 fully saturated rings. The first-order valence-corrected chi connectivity index (χ1v) is 4.47. The van der Waals surface area contributed by atoms with Crippen molar-refractivity contribution in [2.75, 3.05) is 7.11 Å². The smallest absolute Gasteiger partial charge is 0.427 e. The van der Waals surface area contributed by atoms with Gasteiger partial charge < -0.3 is 4.74 Å². The molecule has 5 heteroatoms. The summed E-state index contributed by atoms with van der Waals surface area (Å²) < 4.78 is 4.33. The van der Waals surface area contributed by atoms with E-state index in [9.17, 15) is 4.79 Å². The number of carbonyl (C=O) groups excluding carboxylic acids is 1. The van der Waals surface area contributed by atoms with E-state index >= 15 is 0 Å². The summed E-state index contributed by atoms with van der Waals surface area (Å²) in [6, 6.07) is 3.92. The Kier molecular flexibility index (Phi) is 3.45. The third-order valence-electron chi connectivity index (χ3n) is 1.29. The number of rotatable bonds is 2. The highest BCUT2D eigenvalue weighted by atomic mass is 32.1. The fourth-order valence-corrected chi connectivity index (χ4v) is 1.47. The minimum Gasteiger partial charge on any atom is -0.452 e. The van der Waals surface area contributed by atoms with E-state index in [0.29, 0.717) is 0 Å². The van der Waals surface area contributed by atoms with Crippen LogP contribution in [0.25, 0.3) is 0 Å². The van der Waals surface area contributed by atoms with Crippen molar-refractivity contribution in [1.29, 1.82) is 0 Å². The van der Waals surface area contributed by atoms with Crippen LogP contribution in [0.2, 0.25) is 0 Å². The van der Waals surface area contributed by atoms with Crippen LogP contribution in [0, 0.1) is 6.92 Å². The van der Waals surface area contributed by atoms with Crippen LogP contribution in [-0.4, -0.2) is 19.4 Å². The summed E-state index contributed by atoms with van der Waals surface area (Å²) in [5.74, 6) is 0. The molecule has 0 aliphatic rings. The normalized spacial score (nSPS) is 10.3. The Morgan fingerprint density at radius 3 is 3.00 bits per heavy atom. The highest BCUT2D eigenvalue weighted by molar-refractivity contribution is 7.13. The van der Waals surface area contributed by atoms with Gasteiger partial charge in [-0.15, -0.1) is 11.3 Å². The van der Waals surface area contributed by atoms with Crippen LogP contribution in [0.15, 0.2) is 17.2 Å². The largest absolute Gasteiger partial charge is 0.452 e. The van der Waals surface area contributed by atoms with Crippen LogP contribution in [0.5, 0.6) is 0 Å². The molecule has 4 nitrogen and oxygen atoms in total. The Hall–Kier alpha value is -1.36. The molecule has 1 N–H and O–H groups in total. The van der Waals surface area contributed by atoms with Crippen molar-refractivity contribution in [1.82, 2.24) is 5.43 Å². The van der Waals surface area contributed by atoms with E-state index in [1.165, 1.54) is 12.0 Å². The summed E-state index contributed by atoms with van der Waals surface area (Å²) in [5.41, 5.74) is 2.21. The highest BCUT2D eigenvalue weighted by Crippen LogP contribution is 2.12. The van der Waals surface area contributed by atoms with Gasteiger partial charge in [-0.2, -0.15) is 5.10 Å². The Balaban J connectivity index is 2.45. The average Bonchev–Trinajstić information content (AvgIpc) is 2.51. The molecule has 0 saturated heterocycles. The molecule has 0 saturated carbocycles. The molecule has 0 spiro atoms. The average molecular weight is 198 g/mol. The van der Waals surface area contributed by atoms with Gasteiger partial charge in [0.1, 0.15) is 0 Å². The Labute approximate surface area is 80.2 Å². The van der Waals surface area contributed by atoms with Gasteiger partial charge in [-0.05, 0) is 19.1 Å². The maximum absolute atomic E-state index is 10.6. The lowest BCUT2D eigenvalue weighted by Crippen LogP contribution is -2.16. The number of amides is 1. The fourth-order valence-electron chi connectivity index (χ4n) is 0.717. The zero-order chi connectivity index (χ0) is 9.68. The predicted octanol–water partition coefficient (Wildman–Crippen LogP) is 1.75. The molecule has 0 aromatic carbocycles. The number of methoxy groups -OCH3 is 1. The molecule has 70 valence electrons. The van der Waals surface area contributed by atoms with Crippen LogP contribution in [-0.2, 0) is 4.74 Å². The molecule has 1 aromatic rings. The molecule has 0 aliphatic carbocycles. The van der Waals surface area contributed by atoms with Crippen molar-refractivity contribution in [3.8, 4) is 0 Å². The van der Waals surface area contributed by atoms with Gasteiger partial charge in [0.15, 0.2) is 0 Å². The molecule has 0 atom stereocenters. The van der Waals surface area contributed by atoms with Crippen LogP contribution in [0.4, 0.5) is 4.79 Å². The molecule has 0 bridgehead atoms.